The van der Waals surface area contributed by atoms with Crippen LogP contribution in [0.5, 0.6) is 0 Å². The van der Waals surface area contributed by atoms with E-state index < -0.39 is 0 Å². The SMILES string of the molecule is CSC(C)(C)CNC(=NCc1ccccc1)NCCc1ccco1.I. The maximum atomic E-state index is 5.37. The second-order valence-electron chi connectivity index (χ2n) is 6.22. The van der Waals surface area contributed by atoms with E-state index in [-0.39, 0.29) is 28.7 Å². The summed E-state index contributed by atoms with van der Waals surface area (Å²) in [5.41, 5.74) is 1.20. The second kappa shape index (κ2) is 11.5. The van der Waals surface area contributed by atoms with Crippen molar-refractivity contribution in [2.75, 3.05) is 19.3 Å². The highest BCUT2D eigenvalue weighted by atomic mass is 127. The van der Waals surface area contributed by atoms with Gasteiger partial charge in [0.1, 0.15) is 5.76 Å². The van der Waals surface area contributed by atoms with Crippen molar-refractivity contribution < 1.29 is 4.42 Å². The molecule has 6 heteroatoms. The van der Waals surface area contributed by atoms with Gasteiger partial charge in [0.05, 0.1) is 12.8 Å². The van der Waals surface area contributed by atoms with Crippen LogP contribution in [0.4, 0.5) is 0 Å². The van der Waals surface area contributed by atoms with Crippen molar-refractivity contribution in [3.63, 3.8) is 0 Å². The third-order valence-electron chi connectivity index (χ3n) is 3.74. The average Bonchev–Trinajstić information content (AvgIpc) is 3.11. The molecule has 1 heterocycles. The van der Waals surface area contributed by atoms with E-state index in [1.165, 1.54) is 5.56 Å². The van der Waals surface area contributed by atoms with Crippen LogP contribution in [0.3, 0.4) is 0 Å². The lowest BCUT2D eigenvalue weighted by Gasteiger charge is -2.24. The molecule has 4 nitrogen and oxygen atoms in total. The topological polar surface area (TPSA) is 49.6 Å². The van der Waals surface area contributed by atoms with Crippen LogP contribution in [0.15, 0.2) is 58.1 Å². The number of nitrogens with zero attached hydrogens (tertiary/aromatic N) is 1. The quantitative estimate of drug-likeness (QED) is 0.341. The van der Waals surface area contributed by atoms with Crippen molar-refractivity contribution in [1.82, 2.24) is 10.6 Å². The second-order valence-corrected chi connectivity index (χ2v) is 7.74. The fraction of sp³-hybridized carbons (Fsp3) is 0.421. The van der Waals surface area contributed by atoms with Gasteiger partial charge in [0.15, 0.2) is 5.96 Å². The van der Waals surface area contributed by atoms with Gasteiger partial charge >= 0.3 is 0 Å². The average molecular weight is 473 g/mol. The first kappa shape index (κ1) is 21.9. The summed E-state index contributed by atoms with van der Waals surface area (Å²) in [5.74, 6) is 1.82. The fourth-order valence-electron chi connectivity index (χ4n) is 2.06. The standard InChI is InChI=1S/C19H27N3OS.HI/c1-19(2,24-3)15-22-18(20-12-11-17-10-7-13-23-17)21-14-16-8-5-4-6-9-16;/h4-10,13H,11-12,14-15H2,1-3H3,(H2,20,21,22);1H. The monoisotopic (exact) mass is 473 g/mol. The Labute approximate surface area is 172 Å². The number of rotatable bonds is 8. The number of nitrogens with one attached hydrogen (secondary N) is 2. The van der Waals surface area contributed by atoms with Gasteiger partial charge in [-0.05, 0) is 37.8 Å². The van der Waals surface area contributed by atoms with Crippen LogP contribution in [0.1, 0.15) is 25.2 Å². The summed E-state index contributed by atoms with van der Waals surface area (Å²) in [4.78, 5) is 4.70. The van der Waals surface area contributed by atoms with E-state index in [0.717, 1.165) is 31.2 Å². The molecule has 0 aliphatic carbocycles. The highest BCUT2D eigenvalue weighted by Gasteiger charge is 2.16. The fourth-order valence-corrected chi connectivity index (χ4v) is 2.27. The van der Waals surface area contributed by atoms with Crippen molar-refractivity contribution in [2.24, 2.45) is 4.99 Å². The molecule has 2 rings (SSSR count). The smallest absolute Gasteiger partial charge is 0.191 e. The van der Waals surface area contributed by atoms with E-state index in [9.17, 15) is 0 Å². The minimum Gasteiger partial charge on any atom is -0.469 e. The van der Waals surface area contributed by atoms with Crippen molar-refractivity contribution in [2.45, 2.75) is 31.6 Å². The summed E-state index contributed by atoms with van der Waals surface area (Å²) in [5, 5.41) is 6.84. The first-order valence-electron chi connectivity index (χ1n) is 8.23. The van der Waals surface area contributed by atoms with Crippen LogP contribution in [0.2, 0.25) is 0 Å². The van der Waals surface area contributed by atoms with Crippen molar-refractivity contribution >= 4 is 41.7 Å². The molecule has 0 saturated carbocycles. The molecule has 1 aromatic carbocycles. The number of aliphatic imine (C=N–C) groups is 1. The number of thioether (sulfide) groups is 1. The number of hydrogen-bond acceptors (Lipinski definition) is 3. The number of furan rings is 1. The van der Waals surface area contributed by atoms with E-state index >= 15 is 0 Å². The minimum absolute atomic E-state index is 0. The van der Waals surface area contributed by atoms with Crippen molar-refractivity contribution in [3.8, 4) is 0 Å². The third kappa shape index (κ3) is 8.67. The Bertz CT molecular complexity index is 615. The normalized spacial score (nSPS) is 11.7. The molecule has 0 atom stereocenters. The molecule has 2 aromatic rings. The van der Waals surface area contributed by atoms with Crippen LogP contribution < -0.4 is 10.6 Å². The van der Waals surface area contributed by atoms with Crippen LogP contribution in [0.25, 0.3) is 0 Å². The summed E-state index contributed by atoms with van der Waals surface area (Å²) < 4.78 is 5.54. The lowest BCUT2D eigenvalue weighted by molar-refractivity contribution is 0.506. The molecule has 1 aromatic heterocycles. The molecule has 0 amide bonds. The maximum absolute atomic E-state index is 5.37. The predicted octanol–water partition coefficient (Wildman–Crippen LogP) is 4.32. The minimum atomic E-state index is 0. The zero-order valence-electron chi connectivity index (χ0n) is 15.1. The van der Waals surface area contributed by atoms with Crippen LogP contribution in [-0.4, -0.2) is 30.1 Å². The van der Waals surface area contributed by atoms with Gasteiger partial charge in [0, 0.05) is 24.3 Å². The first-order chi connectivity index (χ1) is 11.6. The highest BCUT2D eigenvalue weighted by molar-refractivity contribution is 14.0. The van der Waals surface area contributed by atoms with E-state index in [0.29, 0.717) is 6.54 Å². The van der Waals surface area contributed by atoms with Gasteiger partial charge in [-0.2, -0.15) is 11.8 Å². The third-order valence-corrected chi connectivity index (χ3v) is 4.99. The first-order valence-corrected chi connectivity index (χ1v) is 9.45. The molecule has 0 saturated heterocycles. The summed E-state index contributed by atoms with van der Waals surface area (Å²) in [6.45, 7) is 6.75. The van der Waals surface area contributed by atoms with Crippen LogP contribution >= 0.6 is 35.7 Å². The number of guanidine groups is 1. The Kier molecular flexibility index (Phi) is 10.0. The Hall–Kier alpha value is -1.15. The largest absolute Gasteiger partial charge is 0.469 e. The Morgan fingerprint density at radius 2 is 1.88 bits per heavy atom. The van der Waals surface area contributed by atoms with Gasteiger partial charge < -0.3 is 15.1 Å². The number of hydrogen-bond donors (Lipinski definition) is 2. The summed E-state index contributed by atoms with van der Waals surface area (Å²) in [6.07, 6.45) is 4.68. The predicted molar refractivity (Wildman–Crippen MR) is 119 cm³/mol. The lowest BCUT2D eigenvalue weighted by atomic mass is 10.2. The molecule has 0 unspecified atom stereocenters. The van der Waals surface area contributed by atoms with E-state index in [1.807, 2.05) is 42.1 Å². The van der Waals surface area contributed by atoms with E-state index in [2.05, 4.69) is 42.9 Å². The summed E-state index contributed by atoms with van der Waals surface area (Å²) >= 11 is 1.85. The van der Waals surface area contributed by atoms with Gasteiger partial charge in [-0.15, -0.1) is 24.0 Å². The van der Waals surface area contributed by atoms with Crippen molar-refractivity contribution in [3.05, 3.63) is 60.1 Å². The Morgan fingerprint density at radius 1 is 1.12 bits per heavy atom. The zero-order chi connectivity index (χ0) is 17.3. The van der Waals surface area contributed by atoms with Crippen LogP contribution in [0, 0.1) is 0 Å². The number of halogens is 1. The zero-order valence-corrected chi connectivity index (χ0v) is 18.3. The van der Waals surface area contributed by atoms with E-state index in [4.69, 9.17) is 9.41 Å². The van der Waals surface area contributed by atoms with Gasteiger partial charge in [-0.25, -0.2) is 4.99 Å². The summed E-state index contributed by atoms with van der Waals surface area (Å²) in [7, 11) is 0. The number of benzene rings is 1. The van der Waals surface area contributed by atoms with Gasteiger partial charge in [-0.3, -0.25) is 0 Å². The van der Waals surface area contributed by atoms with Crippen molar-refractivity contribution in [1.29, 1.82) is 0 Å². The molecule has 0 fully saturated rings. The lowest BCUT2D eigenvalue weighted by Crippen LogP contribution is -2.44. The molecule has 0 radical (unpaired) electrons. The molecule has 0 spiro atoms. The Balaban J connectivity index is 0.00000312. The molecular formula is C19H28IN3OS. The molecule has 0 aliphatic rings. The van der Waals surface area contributed by atoms with Crippen LogP contribution in [-0.2, 0) is 13.0 Å². The van der Waals surface area contributed by atoms with Gasteiger partial charge in [0.25, 0.3) is 0 Å². The molecule has 0 bridgehead atoms. The highest BCUT2D eigenvalue weighted by Crippen LogP contribution is 2.19. The maximum Gasteiger partial charge on any atom is 0.191 e. The van der Waals surface area contributed by atoms with Gasteiger partial charge in [-0.1, -0.05) is 30.3 Å². The molecule has 25 heavy (non-hydrogen) atoms. The van der Waals surface area contributed by atoms with E-state index in [1.54, 1.807) is 6.26 Å². The summed E-state index contributed by atoms with van der Waals surface area (Å²) in [6, 6.07) is 14.2. The molecule has 2 N–H and O–H groups in total. The molecular weight excluding hydrogens is 445 g/mol. The molecule has 0 aliphatic heterocycles. The molecule has 138 valence electrons. The van der Waals surface area contributed by atoms with Gasteiger partial charge in [0.2, 0.25) is 0 Å². The Morgan fingerprint density at radius 3 is 2.52 bits per heavy atom.